The number of carbonyl (C=O) groups is 1. The fraction of sp³-hybridized carbons (Fsp3) is 0.478. The first-order valence-corrected chi connectivity index (χ1v) is 11.8. The minimum absolute atomic E-state index is 0.0841. The average molecular weight is 456 g/mol. The van der Waals surface area contributed by atoms with Gasteiger partial charge in [-0.3, -0.25) is 9.20 Å². The van der Waals surface area contributed by atoms with Crippen LogP contribution in [-0.2, 0) is 6.61 Å². The summed E-state index contributed by atoms with van der Waals surface area (Å²) in [6, 6.07) is 1.21. The summed E-state index contributed by atoms with van der Waals surface area (Å²) >= 11 is 1.15. The van der Waals surface area contributed by atoms with Crippen molar-refractivity contribution in [2.45, 2.75) is 38.3 Å². The third kappa shape index (κ3) is 2.05. The van der Waals surface area contributed by atoms with Crippen LogP contribution in [0, 0.1) is 23.1 Å². The number of carboxylic acids is 1. The maximum Gasteiger partial charge on any atom is 0.342 e. The quantitative estimate of drug-likeness (QED) is 0.616. The lowest BCUT2D eigenvalue weighted by Gasteiger charge is -2.34. The minimum Gasteiger partial charge on any atom is -0.477 e. The van der Waals surface area contributed by atoms with Crippen molar-refractivity contribution in [2.75, 3.05) is 18.0 Å². The fourth-order valence-corrected chi connectivity index (χ4v) is 8.27. The van der Waals surface area contributed by atoms with Crippen molar-refractivity contribution >= 4 is 38.7 Å². The second-order valence-corrected chi connectivity index (χ2v) is 11.1. The minimum atomic E-state index is -1.32. The Morgan fingerprint density at radius 1 is 1.34 bits per heavy atom. The van der Waals surface area contributed by atoms with Gasteiger partial charge < -0.3 is 20.5 Å². The number of benzene rings is 1. The Balaban J connectivity index is 1.47. The summed E-state index contributed by atoms with van der Waals surface area (Å²) in [4.78, 5) is 27.3. The van der Waals surface area contributed by atoms with E-state index >= 15 is 4.39 Å². The van der Waals surface area contributed by atoms with E-state index in [0.29, 0.717) is 45.9 Å². The van der Waals surface area contributed by atoms with E-state index in [4.69, 9.17) is 10.5 Å². The SMILES string of the molecule is CC12CCC(N)(C1)C1CN(c3c(F)cc4c(=O)c(C(=O)O)c5scc6n5c4c3CO6)CC12. The molecule has 2 aliphatic carbocycles. The standard InChI is InChI=1S/C23H22FN3O4S/c1-22-2-3-23(25,9-22)13-6-26(5-12(13)22)18-11-7-31-15-8-32-20-16(21(29)30)19(28)10(4-14(18)24)17(11)27(15)20/h4,8,12-13H,2-3,5-7,9,25H2,1H3,(H,29,30). The van der Waals surface area contributed by atoms with Gasteiger partial charge in [-0.2, -0.15) is 0 Å². The second kappa shape index (κ2) is 5.63. The lowest BCUT2D eigenvalue weighted by molar-refractivity contribution is 0.0697. The van der Waals surface area contributed by atoms with E-state index < -0.39 is 17.2 Å². The van der Waals surface area contributed by atoms with Gasteiger partial charge >= 0.3 is 5.97 Å². The highest BCUT2D eigenvalue weighted by Gasteiger charge is 2.64. The van der Waals surface area contributed by atoms with E-state index in [9.17, 15) is 14.7 Å². The molecular weight excluding hydrogens is 433 g/mol. The van der Waals surface area contributed by atoms with Crippen LogP contribution in [0.3, 0.4) is 0 Å². The van der Waals surface area contributed by atoms with Crippen LogP contribution in [0.2, 0.25) is 0 Å². The molecule has 7 rings (SSSR count). The molecule has 2 bridgehead atoms. The molecule has 4 unspecified atom stereocenters. The first-order valence-electron chi connectivity index (χ1n) is 10.9. The molecule has 7 nitrogen and oxygen atoms in total. The van der Waals surface area contributed by atoms with Crippen molar-refractivity contribution < 1.29 is 19.0 Å². The first kappa shape index (κ1) is 18.9. The van der Waals surface area contributed by atoms with Gasteiger partial charge in [-0.1, -0.05) is 6.92 Å². The molecule has 3 N–H and O–H groups in total. The molecule has 3 fully saturated rings. The summed E-state index contributed by atoms with van der Waals surface area (Å²) in [6.45, 7) is 3.87. The highest BCUT2D eigenvalue weighted by atomic mass is 32.1. The Morgan fingerprint density at radius 3 is 2.88 bits per heavy atom. The third-order valence-electron chi connectivity index (χ3n) is 8.67. The van der Waals surface area contributed by atoms with Crippen molar-refractivity contribution in [2.24, 2.45) is 23.0 Å². The van der Waals surface area contributed by atoms with Gasteiger partial charge in [-0.15, -0.1) is 11.3 Å². The molecule has 9 heteroatoms. The Hall–Kier alpha value is -2.65. The molecule has 2 aliphatic heterocycles. The molecular formula is C23H22FN3O4S. The van der Waals surface area contributed by atoms with Crippen LogP contribution in [0.1, 0.15) is 42.1 Å². The van der Waals surface area contributed by atoms with Gasteiger partial charge in [-0.25, -0.2) is 9.18 Å². The number of fused-ring (bicyclic) bond motifs is 5. The number of rotatable bonds is 2. The van der Waals surface area contributed by atoms with Gasteiger partial charge in [0.1, 0.15) is 22.8 Å². The van der Waals surface area contributed by atoms with Gasteiger partial charge in [0, 0.05) is 24.2 Å². The number of thiazole rings is 1. The predicted molar refractivity (Wildman–Crippen MR) is 118 cm³/mol. The van der Waals surface area contributed by atoms with Gasteiger partial charge in [0.25, 0.3) is 0 Å². The van der Waals surface area contributed by atoms with Crippen LogP contribution in [0.25, 0.3) is 15.7 Å². The number of anilines is 1. The highest BCUT2D eigenvalue weighted by molar-refractivity contribution is 7.16. The number of nitrogens with two attached hydrogens (primary N) is 1. The third-order valence-corrected chi connectivity index (χ3v) is 9.60. The van der Waals surface area contributed by atoms with E-state index in [0.717, 1.165) is 37.1 Å². The molecule has 32 heavy (non-hydrogen) atoms. The van der Waals surface area contributed by atoms with Crippen LogP contribution >= 0.6 is 11.3 Å². The monoisotopic (exact) mass is 455 g/mol. The molecule has 4 atom stereocenters. The second-order valence-electron chi connectivity index (χ2n) is 10.3. The van der Waals surface area contributed by atoms with Gasteiger partial charge in [0.15, 0.2) is 0 Å². The van der Waals surface area contributed by atoms with Gasteiger partial charge in [0.05, 0.1) is 22.0 Å². The van der Waals surface area contributed by atoms with Gasteiger partial charge in [-0.05, 0) is 42.6 Å². The molecule has 166 valence electrons. The van der Waals surface area contributed by atoms with Crippen LogP contribution in [0.4, 0.5) is 10.1 Å². The van der Waals surface area contributed by atoms with E-state index in [1.165, 1.54) is 6.07 Å². The number of halogens is 1. The number of ether oxygens (including phenoxy) is 1. The lowest BCUT2D eigenvalue weighted by atomic mass is 9.72. The normalized spacial score (nSPS) is 32.3. The highest BCUT2D eigenvalue weighted by Crippen LogP contribution is 2.64. The number of nitrogens with zero attached hydrogens (tertiary/aromatic N) is 2. The molecule has 4 aliphatic rings. The Morgan fingerprint density at radius 2 is 2.12 bits per heavy atom. The average Bonchev–Trinajstić information content (AvgIpc) is 3.47. The van der Waals surface area contributed by atoms with E-state index in [1.807, 2.05) is 0 Å². The van der Waals surface area contributed by atoms with Crippen LogP contribution < -0.4 is 20.8 Å². The summed E-state index contributed by atoms with van der Waals surface area (Å²) in [7, 11) is 0. The predicted octanol–water partition coefficient (Wildman–Crippen LogP) is 3.20. The van der Waals surface area contributed by atoms with E-state index in [2.05, 4.69) is 11.8 Å². The van der Waals surface area contributed by atoms with E-state index in [1.54, 1.807) is 9.78 Å². The Bertz CT molecular complexity index is 1420. The van der Waals surface area contributed by atoms with Crippen molar-refractivity contribution in [3.05, 3.63) is 38.6 Å². The van der Waals surface area contributed by atoms with Crippen molar-refractivity contribution in [3.63, 3.8) is 0 Å². The number of aromatic nitrogens is 1. The maximum absolute atomic E-state index is 15.6. The zero-order chi connectivity index (χ0) is 22.2. The Labute approximate surface area is 186 Å². The number of aromatic carboxylic acids is 1. The van der Waals surface area contributed by atoms with Gasteiger partial charge in [0.2, 0.25) is 11.3 Å². The summed E-state index contributed by atoms with van der Waals surface area (Å²) in [5.41, 5.74) is 7.44. The number of carboxylic acid groups (broad SMARTS) is 1. The largest absolute Gasteiger partial charge is 0.477 e. The lowest BCUT2D eigenvalue weighted by Crippen LogP contribution is -2.45. The fourth-order valence-electron chi connectivity index (χ4n) is 7.30. The number of hydrogen-bond donors (Lipinski definition) is 2. The van der Waals surface area contributed by atoms with Crippen molar-refractivity contribution in [1.82, 2.24) is 4.40 Å². The van der Waals surface area contributed by atoms with Crippen LogP contribution in [-0.4, -0.2) is 34.1 Å². The molecule has 0 amide bonds. The molecule has 1 aromatic carbocycles. The molecule has 2 saturated carbocycles. The van der Waals surface area contributed by atoms with Crippen molar-refractivity contribution in [1.29, 1.82) is 0 Å². The molecule has 0 spiro atoms. The molecule has 1 saturated heterocycles. The Kier molecular flexibility index (Phi) is 3.32. The summed E-state index contributed by atoms with van der Waals surface area (Å²) in [5.74, 6) is -0.610. The summed E-state index contributed by atoms with van der Waals surface area (Å²) < 4.78 is 23.2. The molecule has 0 radical (unpaired) electrons. The van der Waals surface area contributed by atoms with Crippen LogP contribution in [0.15, 0.2) is 16.2 Å². The molecule has 4 heterocycles. The molecule has 3 aromatic rings. The summed E-state index contributed by atoms with van der Waals surface area (Å²) in [6.07, 6.45) is 3.16. The smallest absolute Gasteiger partial charge is 0.342 e. The number of hydrogen-bond acceptors (Lipinski definition) is 6. The van der Waals surface area contributed by atoms with E-state index in [-0.39, 0.29) is 28.5 Å². The summed E-state index contributed by atoms with van der Waals surface area (Å²) in [5, 5.41) is 11.4. The zero-order valence-electron chi connectivity index (χ0n) is 17.5. The molecule has 2 aromatic heterocycles. The van der Waals surface area contributed by atoms with Crippen molar-refractivity contribution in [3.8, 4) is 5.88 Å². The first-order chi connectivity index (χ1) is 15.2. The topological polar surface area (TPSA) is 97.3 Å². The maximum atomic E-state index is 15.6. The van der Waals surface area contributed by atoms with Crippen LogP contribution in [0.5, 0.6) is 5.88 Å². The number of pyridine rings is 1. The zero-order valence-corrected chi connectivity index (χ0v) is 18.3.